The van der Waals surface area contributed by atoms with Crippen LogP contribution in [-0.4, -0.2) is 36.4 Å². The van der Waals surface area contributed by atoms with Crippen LogP contribution in [0, 0.1) is 0 Å². The van der Waals surface area contributed by atoms with Crippen molar-refractivity contribution in [2.45, 2.75) is 264 Å². The Morgan fingerprint density at radius 3 is 1.02 bits per heavy atom. The SMILES string of the molecule is CC/C=C\C/C=C\C/C=C\C/C=C\C/C=C\CCCCCCCCCC(=O)OC(CO)COC(=O)CCCCCCCCCCCCCCCCC/C=C\C/C=C\CCCCCCC. The zero-order valence-electron chi connectivity index (χ0n) is 42.0. The zero-order valence-corrected chi connectivity index (χ0v) is 42.0. The summed E-state index contributed by atoms with van der Waals surface area (Å²) in [5.41, 5.74) is 0. The Hall–Kier alpha value is -2.92. The van der Waals surface area contributed by atoms with E-state index in [1.165, 1.54) is 148 Å². The van der Waals surface area contributed by atoms with E-state index in [0.29, 0.717) is 12.8 Å². The highest BCUT2D eigenvalue weighted by Gasteiger charge is 2.16. The van der Waals surface area contributed by atoms with Gasteiger partial charge in [-0.2, -0.15) is 0 Å². The topological polar surface area (TPSA) is 72.8 Å². The number of carbonyl (C=O) groups excluding carboxylic acids is 2. The van der Waals surface area contributed by atoms with Crippen molar-refractivity contribution in [1.29, 1.82) is 0 Å². The number of carbonyl (C=O) groups is 2. The Balaban J connectivity index is 3.52. The molecule has 0 fully saturated rings. The van der Waals surface area contributed by atoms with Gasteiger partial charge in [-0.05, 0) is 89.9 Å². The van der Waals surface area contributed by atoms with Gasteiger partial charge in [-0.3, -0.25) is 9.59 Å². The largest absolute Gasteiger partial charge is 0.462 e. The van der Waals surface area contributed by atoms with Gasteiger partial charge in [0.2, 0.25) is 0 Å². The number of hydrogen-bond donors (Lipinski definition) is 1. The third-order valence-electron chi connectivity index (χ3n) is 11.7. The third kappa shape index (κ3) is 51.7. The molecule has 0 bridgehead atoms. The van der Waals surface area contributed by atoms with Crippen molar-refractivity contribution in [2.24, 2.45) is 0 Å². The molecule has 0 spiro atoms. The molecule has 0 aliphatic rings. The second-order valence-electron chi connectivity index (χ2n) is 17.9. The van der Waals surface area contributed by atoms with Crippen LogP contribution in [0.3, 0.4) is 0 Å². The third-order valence-corrected chi connectivity index (χ3v) is 11.7. The molecule has 0 aromatic rings. The number of ether oxygens (including phenoxy) is 2. The van der Waals surface area contributed by atoms with Crippen LogP contribution in [-0.2, 0) is 19.1 Å². The second kappa shape index (κ2) is 54.4. The average molecular weight is 891 g/mol. The Morgan fingerprint density at radius 1 is 0.375 bits per heavy atom. The number of esters is 2. The molecule has 0 aliphatic carbocycles. The maximum atomic E-state index is 12.3. The normalized spacial score (nSPS) is 12.9. The lowest BCUT2D eigenvalue weighted by Gasteiger charge is -2.15. The van der Waals surface area contributed by atoms with Gasteiger partial charge in [0, 0.05) is 12.8 Å². The van der Waals surface area contributed by atoms with E-state index in [9.17, 15) is 14.7 Å². The Morgan fingerprint density at radius 2 is 0.672 bits per heavy atom. The van der Waals surface area contributed by atoms with Gasteiger partial charge in [-0.25, -0.2) is 0 Å². The first-order valence-corrected chi connectivity index (χ1v) is 27.1. The van der Waals surface area contributed by atoms with Gasteiger partial charge in [0.25, 0.3) is 0 Å². The van der Waals surface area contributed by atoms with Crippen molar-refractivity contribution in [3.05, 3.63) is 85.1 Å². The van der Waals surface area contributed by atoms with E-state index >= 15 is 0 Å². The highest BCUT2D eigenvalue weighted by atomic mass is 16.6. The molecular weight excluding hydrogens is 789 g/mol. The molecule has 0 aliphatic heterocycles. The predicted octanol–water partition coefficient (Wildman–Crippen LogP) is 18.2. The Bertz CT molecular complexity index is 1190. The van der Waals surface area contributed by atoms with Crippen LogP contribution >= 0.6 is 0 Å². The maximum Gasteiger partial charge on any atom is 0.306 e. The summed E-state index contributed by atoms with van der Waals surface area (Å²) in [6, 6.07) is 0. The van der Waals surface area contributed by atoms with Crippen LogP contribution in [0.15, 0.2) is 85.1 Å². The Labute approximate surface area is 396 Å². The number of unbranched alkanes of at least 4 members (excludes halogenated alkanes) is 27. The fourth-order valence-corrected chi connectivity index (χ4v) is 7.61. The number of aliphatic hydroxyl groups is 1. The highest BCUT2D eigenvalue weighted by molar-refractivity contribution is 5.70. The quantitative estimate of drug-likeness (QED) is 0.0374. The van der Waals surface area contributed by atoms with E-state index in [4.69, 9.17) is 9.47 Å². The lowest BCUT2D eigenvalue weighted by molar-refractivity contribution is -0.161. The van der Waals surface area contributed by atoms with Crippen molar-refractivity contribution >= 4 is 11.9 Å². The first kappa shape index (κ1) is 61.1. The second-order valence-corrected chi connectivity index (χ2v) is 17.9. The van der Waals surface area contributed by atoms with Gasteiger partial charge < -0.3 is 14.6 Å². The average Bonchev–Trinajstić information content (AvgIpc) is 3.30. The summed E-state index contributed by atoms with van der Waals surface area (Å²) >= 11 is 0. The first-order valence-electron chi connectivity index (χ1n) is 27.1. The van der Waals surface area contributed by atoms with Crippen molar-refractivity contribution in [3.8, 4) is 0 Å². The first-order chi connectivity index (χ1) is 31.6. The maximum absolute atomic E-state index is 12.3. The monoisotopic (exact) mass is 891 g/mol. The molecule has 368 valence electrons. The molecule has 0 amide bonds. The van der Waals surface area contributed by atoms with Gasteiger partial charge in [0.05, 0.1) is 6.61 Å². The lowest BCUT2D eigenvalue weighted by Crippen LogP contribution is -2.28. The van der Waals surface area contributed by atoms with Gasteiger partial charge in [0.15, 0.2) is 6.10 Å². The molecule has 5 nitrogen and oxygen atoms in total. The van der Waals surface area contributed by atoms with Crippen LogP contribution in [0.1, 0.15) is 258 Å². The van der Waals surface area contributed by atoms with Crippen LogP contribution in [0.2, 0.25) is 0 Å². The summed E-state index contributed by atoms with van der Waals surface area (Å²) < 4.78 is 10.7. The summed E-state index contributed by atoms with van der Waals surface area (Å²) in [7, 11) is 0. The fourth-order valence-electron chi connectivity index (χ4n) is 7.61. The molecule has 0 radical (unpaired) electrons. The van der Waals surface area contributed by atoms with Crippen molar-refractivity contribution in [2.75, 3.05) is 13.2 Å². The number of aliphatic hydroxyl groups excluding tert-OH is 1. The van der Waals surface area contributed by atoms with Crippen molar-refractivity contribution < 1.29 is 24.2 Å². The summed E-state index contributed by atoms with van der Waals surface area (Å²) in [5.74, 6) is -0.600. The Kier molecular flexibility index (Phi) is 51.9. The molecule has 0 saturated carbocycles. The minimum Gasteiger partial charge on any atom is -0.462 e. The molecule has 1 unspecified atom stereocenters. The van der Waals surface area contributed by atoms with Crippen LogP contribution in [0.25, 0.3) is 0 Å². The minimum absolute atomic E-state index is 0.0731. The van der Waals surface area contributed by atoms with Crippen LogP contribution < -0.4 is 0 Å². The van der Waals surface area contributed by atoms with E-state index in [1.54, 1.807) is 0 Å². The van der Waals surface area contributed by atoms with E-state index in [-0.39, 0.29) is 25.2 Å². The number of allylic oxidation sites excluding steroid dienone is 14. The molecule has 1 N–H and O–H groups in total. The molecule has 1 atom stereocenters. The predicted molar refractivity (Wildman–Crippen MR) is 279 cm³/mol. The van der Waals surface area contributed by atoms with Gasteiger partial charge in [0.1, 0.15) is 6.61 Å². The van der Waals surface area contributed by atoms with Crippen molar-refractivity contribution in [3.63, 3.8) is 0 Å². The summed E-state index contributed by atoms with van der Waals surface area (Å²) in [6.07, 6.45) is 75.4. The molecule has 0 heterocycles. The molecule has 5 heteroatoms. The molecule has 0 aromatic heterocycles. The van der Waals surface area contributed by atoms with Gasteiger partial charge in [-0.1, -0.05) is 240 Å². The molecule has 64 heavy (non-hydrogen) atoms. The summed E-state index contributed by atoms with van der Waals surface area (Å²) in [6.45, 7) is 4.02. The number of rotatable bonds is 49. The number of hydrogen-bond acceptors (Lipinski definition) is 5. The van der Waals surface area contributed by atoms with Crippen LogP contribution in [0.5, 0.6) is 0 Å². The van der Waals surface area contributed by atoms with E-state index in [1.807, 2.05) is 0 Å². The molecule has 0 rings (SSSR count). The lowest BCUT2D eigenvalue weighted by atomic mass is 10.0. The standard InChI is InChI=1S/C59H102O5/c1-3-5-7-9-11-13-15-17-19-21-23-25-27-28-29-30-32-33-35-37-39-41-43-45-47-49-51-53-58(61)63-56-57(55-60)64-59(62)54-52-50-48-46-44-42-40-38-36-34-31-26-24-22-20-18-16-14-12-10-8-6-4-2/h6,8,12,14-15,17-18,20-21,23-24,26,34,36,57,60H,3-5,7,9-11,13,16,19,22,25,27-33,35,37-56H2,1-2H3/b8-6-,14-12-,17-15-,20-18-,23-21-,26-24-,36-34-. The zero-order chi connectivity index (χ0) is 46.3. The van der Waals surface area contributed by atoms with Crippen molar-refractivity contribution in [1.82, 2.24) is 0 Å². The van der Waals surface area contributed by atoms with E-state index in [0.717, 1.165) is 83.5 Å². The molecule has 0 saturated heterocycles. The van der Waals surface area contributed by atoms with Gasteiger partial charge in [-0.15, -0.1) is 0 Å². The van der Waals surface area contributed by atoms with Crippen LogP contribution in [0.4, 0.5) is 0 Å². The minimum atomic E-state index is -0.783. The van der Waals surface area contributed by atoms with E-state index in [2.05, 4.69) is 98.9 Å². The van der Waals surface area contributed by atoms with E-state index < -0.39 is 6.10 Å². The summed E-state index contributed by atoms with van der Waals surface area (Å²) in [5, 5.41) is 9.64. The smallest absolute Gasteiger partial charge is 0.306 e. The highest BCUT2D eigenvalue weighted by Crippen LogP contribution is 2.15. The fraction of sp³-hybridized carbons (Fsp3) is 0.729. The van der Waals surface area contributed by atoms with Gasteiger partial charge >= 0.3 is 11.9 Å². The summed E-state index contributed by atoms with van der Waals surface area (Å²) in [4.78, 5) is 24.5. The molecule has 0 aromatic carbocycles. The molecular formula is C59H102O5.